The predicted molar refractivity (Wildman–Crippen MR) is 114 cm³/mol. The van der Waals surface area contributed by atoms with Crippen molar-refractivity contribution in [2.45, 2.75) is 39.2 Å². The van der Waals surface area contributed by atoms with E-state index in [0.717, 1.165) is 54.9 Å². The zero-order valence-corrected chi connectivity index (χ0v) is 17.3. The number of aryl methyl sites for hydroxylation is 2. The van der Waals surface area contributed by atoms with Crippen LogP contribution in [0.4, 0.5) is 11.6 Å². The van der Waals surface area contributed by atoms with Gasteiger partial charge in [0.2, 0.25) is 0 Å². The molecule has 0 aromatic carbocycles. The summed E-state index contributed by atoms with van der Waals surface area (Å²) in [4.78, 5) is 32.5. The number of nitrogens with one attached hydrogen (secondary N) is 2. The SMILES string of the molecule is Cc1cn2cc(NC(=O)c3cnc(N4CC[C@H](CNC5CC5)C4)cn3)nc(C)c2n1. The molecule has 3 aromatic rings. The Bertz CT molecular complexity index is 1070. The van der Waals surface area contributed by atoms with E-state index in [4.69, 9.17) is 0 Å². The normalized spacial score (nSPS) is 18.9. The number of carbonyl (C=O) groups excluding carboxylic acids is 1. The Morgan fingerprint density at radius 3 is 2.77 bits per heavy atom. The highest BCUT2D eigenvalue weighted by atomic mass is 16.2. The van der Waals surface area contributed by atoms with Gasteiger partial charge < -0.3 is 19.9 Å². The van der Waals surface area contributed by atoms with Gasteiger partial charge in [-0.1, -0.05) is 0 Å². The number of imidazole rings is 1. The molecule has 1 atom stereocenters. The van der Waals surface area contributed by atoms with Crippen LogP contribution in [-0.2, 0) is 0 Å². The average molecular weight is 406 g/mol. The maximum atomic E-state index is 12.6. The second-order valence-electron chi connectivity index (χ2n) is 8.32. The van der Waals surface area contributed by atoms with Crippen LogP contribution in [0.15, 0.2) is 24.8 Å². The van der Waals surface area contributed by atoms with Gasteiger partial charge in [0.1, 0.15) is 17.3 Å². The molecule has 0 unspecified atom stereocenters. The molecule has 0 bridgehead atoms. The molecule has 9 heteroatoms. The third kappa shape index (κ3) is 3.97. The molecule has 1 saturated carbocycles. The van der Waals surface area contributed by atoms with E-state index in [-0.39, 0.29) is 11.6 Å². The number of nitrogens with zero attached hydrogens (tertiary/aromatic N) is 6. The van der Waals surface area contributed by atoms with E-state index in [2.05, 4.69) is 35.5 Å². The summed E-state index contributed by atoms with van der Waals surface area (Å²) >= 11 is 0. The fourth-order valence-corrected chi connectivity index (χ4v) is 3.94. The van der Waals surface area contributed by atoms with Crippen molar-refractivity contribution in [2.75, 3.05) is 29.9 Å². The topological polar surface area (TPSA) is 100 Å². The molecule has 0 radical (unpaired) electrons. The largest absolute Gasteiger partial charge is 0.355 e. The second-order valence-corrected chi connectivity index (χ2v) is 8.32. The van der Waals surface area contributed by atoms with Crippen LogP contribution in [0.2, 0.25) is 0 Å². The Kier molecular flexibility index (Phi) is 4.82. The highest BCUT2D eigenvalue weighted by molar-refractivity contribution is 6.02. The Morgan fingerprint density at radius 2 is 2.00 bits per heavy atom. The molecule has 2 aliphatic rings. The van der Waals surface area contributed by atoms with E-state index in [1.165, 1.54) is 19.0 Å². The lowest BCUT2D eigenvalue weighted by Crippen LogP contribution is -2.28. The van der Waals surface area contributed by atoms with Gasteiger partial charge in [0.25, 0.3) is 5.91 Å². The van der Waals surface area contributed by atoms with Gasteiger partial charge in [-0.3, -0.25) is 4.79 Å². The van der Waals surface area contributed by atoms with Gasteiger partial charge in [-0.15, -0.1) is 0 Å². The number of fused-ring (bicyclic) bond motifs is 1. The first-order chi connectivity index (χ1) is 14.5. The van der Waals surface area contributed by atoms with Gasteiger partial charge in [0.05, 0.1) is 30.0 Å². The van der Waals surface area contributed by atoms with Crippen LogP contribution in [0.1, 0.15) is 41.1 Å². The van der Waals surface area contributed by atoms with Crippen LogP contribution in [0.5, 0.6) is 0 Å². The number of amides is 1. The molecule has 2 N–H and O–H groups in total. The summed E-state index contributed by atoms with van der Waals surface area (Å²) in [6.07, 6.45) is 10.7. The number of hydrogen-bond donors (Lipinski definition) is 2. The van der Waals surface area contributed by atoms with Crippen molar-refractivity contribution in [2.24, 2.45) is 5.92 Å². The van der Waals surface area contributed by atoms with Crippen molar-refractivity contribution in [3.05, 3.63) is 41.9 Å². The van der Waals surface area contributed by atoms with Crippen molar-refractivity contribution < 1.29 is 4.79 Å². The third-order valence-electron chi connectivity index (χ3n) is 5.72. The van der Waals surface area contributed by atoms with Crippen molar-refractivity contribution in [3.63, 3.8) is 0 Å². The smallest absolute Gasteiger partial charge is 0.277 e. The van der Waals surface area contributed by atoms with Crippen LogP contribution in [0.25, 0.3) is 5.65 Å². The van der Waals surface area contributed by atoms with Crippen LogP contribution in [0.3, 0.4) is 0 Å². The summed E-state index contributed by atoms with van der Waals surface area (Å²) in [5.74, 6) is 1.60. The zero-order valence-electron chi connectivity index (χ0n) is 17.3. The minimum atomic E-state index is -0.329. The van der Waals surface area contributed by atoms with E-state index in [0.29, 0.717) is 11.7 Å². The molecular formula is C21H26N8O. The summed E-state index contributed by atoms with van der Waals surface area (Å²) in [5.41, 5.74) is 2.71. The molecule has 2 fully saturated rings. The van der Waals surface area contributed by atoms with Crippen LogP contribution in [0, 0.1) is 19.8 Å². The first kappa shape index (κ1) is 18.9. The van der Waals surface area contributed by atoms with E-state index < -0.39 is 0 Å². The molecule has 156 valence electrons. The zero-order chi connectivity index (χ0) is 20.7. The number of carbonyl (C=O) groups is 1. The molecule has 3 aromatic heterocycles. The molecule has 1 saturated heterocycles. The molecule has 0 spiro atoms. The maximum Gasteiger partial charge on any atom is 0.277 e. The van der Waals surface area contributed by atoms with E-state index in [9.17, 15) is 4.79 Å². The Balaban J connectivity index is 1.22. The number of hydrogen-bond acceptors (Lipinski definition) is 7. The second kappa shape index (κ2) is 7.64. The molecule has 9 nitrogen and oxygen atoms in total. The molecular weight excluding hydrogens is 380 g/mol. The molecule has 1 amide bonds. The maximum absolute atomic E-state index is 12.6. The molecule has 4 heterocycles. The third-order valence-corrected chi connectivity index (χ3v) is 5.72. The Morgan fingerprint density at radius 1 is 1.13 bits per heavy atom. The van der Waals surface area contributed by atoms with Gasteiger partial charge in [-0.2, -0.15) is 0 Å². The lowest BCUT2D eigenvalue weighted by Gasteiger charge is -2.17. The van der Waals surface area contributed by atoms with Gasteiger partial charge in [-0.05, 0) is 45.6 Å². The molecule has 1 aliphatic heterocycles. The fraction of sp³-hybridized carbons (Fsp3) is 0.476. The number of aromatic nitrogens is 5. The average Bonchev–Trinajstić information content (AvgIpc) is 3.30. The molecule has 30 heavy (non-hydrogen) atoms. The van der Waals surface area contributed by atoms with E-state index in [1.807, 2.05) is 24.4 Å². The lowest BCUT2D eigenvalue weighted by molar-refractivity contribution is 0.102. The summed E-state index contributed by atoms with van der Waals surface area (Å²) in [7, 11) is 0. The Labute approximate surface area is 175 Å². The fourth-order valence-electron chi connectivity index (χ4n) is 3.94. The summed E-state index contributed by atoms with van der Waals surface area (Å²) in [6, 6.07) is 0.744. The quantitative estimate of drug-likeness (QED) is 0.645. The minimum Gasteiger partial charge on any atom is -0.355 e. The first-order valence-electron chi connectivity index (χ1n) is 10.5. The van der Waals surface area contributed by atoms with Crippen LogP contribution >= 0.6 is 0 Å². The van der Waals surface area contributed by atoms with Gasteiger partial charge in [-0.25, -0.2) is 19.9 Å². The molecule has 5 rings (SSSR count). The van der Waals surface area contributed by atoms with E-state index >= 15 is 0 Å². The number of rotatable bonds is 6. The lowest BCUT2D eigenvalue weighted by atomic mass is 10.1. The standard InChI is InChI=1S/C21H26N8O/c1-13-10-29-12-18(26-14(2)20(29)25-13)27-21(30)17-8-24-19(9-23-17)28-6-5-15(11-28)7-22-16-3-4-16/h8-10,12,15-16,22H,3-7,11H2,1-2H3,(H,27,30)/t15-/m1/s1. The predicted octanol–water partition coefficient (Wildman–Crippen LogP) is 1.97. The first-order valence-corrected chi connectivity index (χ1v) is 10.5. The van der Waals surface area contributed by atoms with Crippen molar-refractivity contribution >= 4 is 23.2 Å². The van der Waals surface area contributed by atoms with Crippen LogP contribution < -0.4 is 15.5 Å². The van der Waals surface area contributed by atoms with Crippen molar-refractivity contribution in [1.29, 1.82) is 0 Å². The minimum absolute atomic E-state index is 0.270. The summed E-state index contributed by atoms with van der Waals surface area (Å²) < 4.78 is 1.87. The highest BCUT2D eigenvalue weighted by Crippen LogP contribution is 2.24. The van der Waals surface area contributed by atoms with Crippen molar-refractivity contribution in [1.82, 2.24) is 29.7 Å². The van der Waals surface area contributed by atoms with Gasteiger partial charge in [0, 0.05) is 25.3 Å². The Hall–Kier alpha value is -3.07. The van der Waals surface area contributed by atoms with Crippen LogP contribution in [-0.4, -0.2) is 55.9 Å². The summed E-state index contributed by atoms with van der Waals surface area (Å²) in [5, 5.41) is 6.41. The van der Waals surface area contributed by atoms with Crippen molar-refractivity contribution in [3.8, 4) is 0 Å². The molecule has 1 aliphatic carbocycles. The highest BCUT2D eigenvalue weighted by Gasteiger charge is 2.27. The monoisotopic (exact) mass is 406 g/mol. The van der Waals surface area contributed by atoms with Gasteiger partial charge >= 0.3 is 0 Å². The van der Waals surface area contributed by atoms with Gasteiger partial charge in [0.15, 0.2) is 5.65 Å². The number of anilines is 2. The van der Waals surface area contributed by atoms with E-state index in [1.54, 1.807) is 12.4 Å². The summed E-state index contributed by atoms with van der Waals surface area (Å²) in [6.45, 7) is 6.82.